The molecule has 1 aromatic heterocycles. The van der Waals surface area contributed by atoms with Crippen LogP contribution in [0.1, 0.15) is 21.0 Å². The van der Waals surface area contributed by atoms with Crippen molar-refractivity contribution < 1.29 is 19.5 Å². The van der Waals surface area contributed by atoms with E-state index in [1.165, 1.54) is 0 Å². The number of hydrogen-bond acceptors (Lipinski definition) is 7. The SMILES string of the molecule is O=C1CC(CNCCOc2ccccc2)=CN=C1c1ccc(C(=O)NO)s1. The number of carbonyl (C=O) groups is 2. The smallest absolute Gasteiger partial charge is 0.284 e. The molecule has 1 aromatic carbocycles. The van der Waals surface area contributed by atoms with Crippen LogP contribution in [-0.2, 0) is 4.79 Å². The maximum atomic E-state index is 12.4. The molecule has 0 aliphatic carbocycles. The van der Waals surface area contributed by atoms with E-state index in [0.717, 1.165) is 22.7 Å². The fourth-order valence-corrected chi connectivity index (χ4v) is 3.43. The van der Waals surface area contributed by atoms with Crippen LogP contribution < -0.4 is 15.5 Å². The predicted molar refractivity (Wildman–Crippen MR) is 103 cm³/mol. The van der Waals surface area contributed by atoms with Gasteiger partial charge >= 0.3 is 0 Å². The van der Waals surface area contributed by atoms with Crippen LogP contribution in [0.15, 0.2) is 59.2 Å². The number of hydroxylamine groups is 1. The average Bonchev–Trinajstić information content (AvgIpc) is 3.18. The van der Waals surface area contributed by atoms with Crippen LogP contribution in [0.4, 0.5) is 0 Å². The first-order valence-corrected chi connectivity index (χ1v) is 9.21. The molecule has 3 N–H and O–H groups in total. The summed E-state index contributed by atoms with van der Waals surface area (Å²) in [5.41, 5.74) is 2.81. The maximum absolute atomic E-state index is 12.4. The summed E-state index contributed by atoms with van der Waals surface area (Å²) < 4.78 is 5.60. The predicted octanol–water partition coefficient (Wildman–Crippen LogP) is 2.18. The molecule has 1 aliphatic heterocycles. The van der Waals surface area contributed by atoms with Gasteiger partial charge in [0.05, 0.1) is 9.75 Å². The van der Waals surface area contributed by atoms with Crippen LogP contribution in [0, 0.1) is 0 Å². The number of para-hydroxylation sites is 1. The molecule has 27 heavy (non-hydrogen) atoms. The van der Waals surface area contributed by atoms with Crippen molar-refractivity contribution in [2.45, 2.75) is 6.42 Å². The lowest BCUT2D eigenvalue weighted by Crippen LogP contribution is -2.26. The molecule has 0 fully saturated rings. The first kappa shape index (κ1) is 19.0. The highest BCUT2D eigenvalue weighted by Gasteiger charge is 2.21. The number of Topliss-reactive ketones (excluding diaryl/α,β-unsaturated/α-hetero) is 1. The van der Waals surface area contributed by atoms with Crippen molar-refractivity contribution in [2.24, 2.45) is 4.99 Å². The van der Waals surface area contributed by atoms with Crippen LogP contribution in [0.25, 0.3) is 0 Å². The van der Waals surface area contributed by atoms with E-state index in [9.17, 15) is 9.59 Å². The van der Waals surface area contributed by atoms with E-state index in [1.54, 1.807) is 23.8 Å². The minimum absolute atomic E-state index is 0.0901. The summed E-state index contributed by atoms with van der Waals surface area (Å²) in [5.74, 6) is 0.131. The van der Waals surface area contributed by atoms with Gasteiger partial charge in [-0.15, -0.1) is 11.3 Å². The summed E-state index contributed by atoms with van der Waals surface area (Å²) in [5, 5.41) is 11.9. The Balaban J connectivity index is 1.49. The minimum atomic E-state index is -0.603. The number of aliphatic imine (C=N–C) groups is 1. The van der Waals surface area contributed by atoms with Crippen LogP contribution in [0.5, 0.6) is 5.75 Å². The van der Waals surface area contributed by atoms with Gasteiger partial charge in [-0.25, -0.2) is 5.48 Å². The van der Waals surface area contributed by atoms with Crippen molar-refractivity contribution >= 4 is 28.7 Å². The van der Waals surface area contributed by atoms with Gasteiger partial charge < -0.3 is 10.1 Å². The topological polar surface area (TPSA) is 100 Å². The Morgan fingerprint density at radius 1 is 1.22 bits per heavy atom. The number of carbonyl (C=O) groups excluding carboxylic acids is 2. The molecule has 2 heterocycles. The molecule has 0 saturated heterocycles. The molecule has 140 valence electrons. The van der Waals surface area contributed by atoms with Gasteiger partial charge in [-0.1, -0.05) is 18.2 Å². The number of thiophene rings is 1. The van der Waals surface area contributed by atoms with E-state index in [4.69, 9.17) is 9.94 Å². The minimum Gasteiger partial charge on any atom is -0.492 e. The van der Waals surface area contributed by atoms with Crippen LogP contribution in [0.3, 0.4) is 0 Å². The molecule has 0 atom stereocenters. The lowest BCUT2D eigenvalue weighted by atomic mass is 10.0. The number of nitrogens with zero attached hydrogens (tertiary/aromatic N) is 1. The summed E-state index contributed by atoms with van der Waals surface area (Å²) in [6.45, 7) is 1.75. The standard InChI is InChI=1S/C19H19N3O4S/c23-15-10-13(11-20-8-9-26-14-4-2-1-3-5-14)12-21-18(15)16-6-7-17(27-16)19(24)22-25/h1-7,12,20,25H,8-11H2,(H,22,24). The average molecular weight is 385 g/mol. The third kappa shape index (κ3) is 5.10. The highest BCUT2D eigenvalue weighted by molar-refractivity contribution is 7.16. The number of nitrogens with one attached hydrogen (secondary N) is 2. The van der Waals surface area contributed by atoms with E-state index in [-0.39, 0.29) is 12.2 Å². The molecule has 0 saturated carbocycles. The molecule has 1 amide bonds. The number of benzene rings is 1. The van der Waals surface area contributed by atoms with E-state index < -0.39 is 5.91 Å². The fraction of sp³-hybridized carbons (Fsp3) is 0.211. The summed E-state index contributed by atoms with van der Waals surface area (Å²) in [6, 6.07) is 12.8. The second-order valence-corrected chi connectivity index (χ2v) is 6.89. The third-order valence-corrected chi connectivity index (χ3v) is 4.93. The number of rotatable bonds is 8. The molecule has 8 heteroatoms. The van der Waals surface area contributed by atoms with E-state index in [1.807, 2.05) is 30.3 Å². The quantitative estimate of drug-likeness (QED) is 0.367. The Morgan fingerprint density at radius 3 is 2.78 bits per heavy atom. The second-order valence-electron chi connectivity index (χ2n) is 5.81. The van der Waals surface area contributed by atoms with Crippen LogP contribution >= 0.6 is 11.3 Å². The molecule has 2 aromatic rings. The van der Waals surface area contributed by atoms with E-state index in [0.29, 0.717) is 35.2 Å². The maximum Gasteiger partial charge on any atom is 0.284 e. The molecular weight excluding hydrogens is 366 g/mol. The van der Waals surface area contributed by atoms with Gasteiger partial charge in [0.25, 0.3) is 5.91 Å². The van der Waals surface area contributed by atoms with Crippen molar-refractivity contribution in [3.05, 3.63) is 64.0 Å². The van der Waals surface area contributed by atoms with Gasteiger partial charge in [0.1, 0.15) is 18.1 Å². The van der Waals surface area contributed by atoms with Crippen molar-refractivity contribution in [3.63, 3.8) is 0 Å². The monoisotopic (exact) mass is 385 g/mol. The summed E-state index contributed by atoms with van der Waals surface area (Å²) in [6.07, 6.45) is 1.97. The van der Waals surface area contributed by atoms with Crippen molar-refractivity contribution in [3.8, 4) is 5.75 Å². The summed E-state index contributed by atoms with van der Waals surface area (Å²) >= 11 is 1.11. The highest BCUT2D eigenvalue weighted by Crippen LogP contribution is 2.21. The molecule has 0 radical (unpaired) electrons. The second kappa shape index (κ2) is 9.22. The lowest BCUT2D eigenvalue weighted by Gasteiger charge is -2.13. The Hall–Kier alpha value is -2.81. The number of ketones is 1. The number of ether oxygens (including phenoxy) is 1. The van der Waals surface area contributed by atoms with Gasteiger partial charge in [-0.2, -0.15) is 0 Å². The zero-order valence-electron chi connectivity index (χ0n) is 14.5. The van der Waals surface area contributed by atoms with Crippen LogP contribution in [0.2, 0.25) is 0 Å². The molecule has 3 rings (SSSR count). The normalized spacial score (nSPS) is 13.7. The van der Waals surface area contributed by atoms with Crippen molar-refractivity contribution in [1.29, 1.82) is 0 Å². The highest BCUT2D eigenvalue weighted by atomic mass is 32.1. The number of hydrogen-bond donors (Lipinski definition) is 3. The molecule has 7 nitrogen and oxygen atoms in total. The van der Waals surface area contributed by atoms with Gasteiger partial charge in [0.15, 0.2) is 5.78 Å². The Morgan fingerprint density at radius 2 is 2.04 bits per heavy atom. The van der Waals surface area contributed by atoms with Crippen molar-refractivity contribution in [1.82, 2.24) is 10.8 Å². The number of amides is 1. The van der Waals surface area contributed by atoms with Gasteiger partial charge in [0.2, 0.25) is 0 Å². The molecule has 0 spiro atoms. The van der Waals surface area contributed by atoms with Gasteiger partial charge in [0, 0.05) is 25.7 Å². The molecule has 0 unspecified atom stereocenters. The third-order valence-electron chi connectivity index (χ3n) is 3.84. The largest absolute Gasteiger partial charge is 0.492 e. The summed E-state index contributed by atoms with van der Waals surface area (Å²) in [7, 11) is 0. The van der Waals surface area contributed by atoms with Crippen LogP contribution in [-0.4, -0.2) is 42.3 Å². The summed E-state index contributed by atoms with van der Waals surface area (Å²) in [4.78, 5) is 28.9. The fourth-order valence-electron chi connectivity index (χ4n) is 2.52. The first-order chi connectivity index (χ1) is 13.2. The first-order valence-electron chi connectivity index (χ1n) is 8.39. The zero-order valence-corrected chi connectivity index (χ0v) is 15.3. The van der Waals surface area contributed by atoms with Gasteiger partial charge in [-0.05, 0) is 29.8 Å². The van der Waals surface area contributed by atoms with E-state index >= 15 is 0 Å². The van der Waals surface area contributed by atoms with E-state index in [2.05, 4.69) is 10.3 Å². The Bertz CT molecular complexity index is 874. The molecule has 1 aliphatic rings. The molecule has 0 bridgehead atoms. The zero-order chi connectivity index (χ0) is 19.1. The molecular formula is C19H19N3O4S. The Kier molecular flexibility index (Phi) is 6.48. The lowest BCUT2D eigenvalue weighted by molar-refractivity contribution is -0.112. The Labute approximate surface area is 160 Å². The van der Waals surface area contributed by atoms with Gasteiger partial charge in [-0.3, -0.25) is 19.8 Å². The van der Waals surface area contributed by atoms with Crippen molar-refractivity contribution in [2.75, 3.05) is 19.7 Å².